The Kier molecular flexibility index (Phi) is 3.13. The fourth-order valence-corrected chi connectivity index (χ4v) is 6.08. The van der Waals surface area contributed by atoms with Crippen LogP contribution in [0.25, 0.3) is 0 Å². The van der Waals surface area contributed by atoms with Crippen LogP contribution in [0.3, 0.4) is 0 Å². The molecule has 2 fully saturated rings. The lowest BCUT2D eigenvalue weighted by atomic mass is 9.53. The van der Waals surface area contributed by atoms with Gasteiger partial charge in [0, 0.05) is 5.41 Å². The summed E-state index contributed by atoms with van der Waals surface area (Å²) in [6.45, 7) is 4.26. The Labute approximate surface area is 138 Å². The van der Waals surface area contributed by atoms with E-state index in [1.165, 1.54) is 11.1 Å². The van der Waals surface area contributed by atoms with E-state index in [2.05, 4.69) is 18.9 Å². The van der Waals surface area contributed by atoms with Crippen molar-refractivity contribution in [1.29, 1.82) is 0 Å². The first kappa shape index (κ1) is 15.1. The quantitative estimate of drug-likeness (QED) is 0.713. The molecule has 0 radical (unpaired) electrons. The fourth-order valence-electron chi connectivity index (χ4n) is 6.08. The number of aromatic hydroxyl groups is 1. The maximum atomic E-state index is 11.0. The Balaban J connectivity index is 1.74. The number of rotatable bonds is 0. The molecule has 2 saturated carbocycles. The van der Waals surface area contributed by atoms with Crippen LogP contribution in [0.5, 0.6) is 5.75 Å². The zero-order valence-corrected chi connectivity index (χ0v) is 14.1. The summed E-state index contributed by atoms with van der Waals surface area (Å²) in [5, 5.41) is 21.0. The topological polar surface area (TPSA) is 40.5 Å². The van der Waals surface area contributed by atoms with E-state index in [1.807, 2.05) is 13.0 Å². The van der Waals surface area contributed by atoms with Crippen molar-refractivity contribution in [2.75, 3.05) is 0 Å². The summed E-state index contributed by atoms with van der Waals surface area (Å²) in [6.07, 6.45) is 11.8. The molecule has 0 saturated heterocycles. The lowest BCUT2D eigenvalue weighted by Crippen LogP contribution is -2.50. The van der Waals surface area contributed by atoms with Gasteiger partial charge in [0.15, 0.2) is 0 Å². The lowest BCUT2D eigenvalue weighted by molar-refractivity contribution is -0.0647. The Morgan fingerprint density at radius 1 is 1.22 bits per heavy atom. The monoisotopic (exact) mass is 310 g/mol. The van der Waals surface area contributed by atoms with Crippen LogP contribution < -0.4 is 0 Å². The van der Waals surface area contributed by atoms with Gasteiger partial charge in [0.1, 0.15) is 11.4 Å². The van der Waals surface area contributed by atoms with Crippen LogP contribution in [-0.2, 0) is 6.42 Å². The SMILES string of the molecule is C#C[C@@]1(O)CC[C@@H]2[C@@H]3CCc4c(ccc(O)c4C)[C@@H]3CC[C@@]21C. The Morgan fingerprint density at radius 2 is 2.00 bits per heavy atom. The molecule has 3 aliphatic carbocycles. The van der Waals surface area contributed by atoms with Crippen molar-refractivity contribution in [3.8, 4) is 18.1 Å². The standard InChI is InChI=1S/C21H26O2/c1-4-21(23)12-10-18-17-6-5-14-13(2)19(22)8-7-15(14)16(17)9-11-20(18,21)3/h1,7-8,16-18,22-23H,5-6,9-12H2,2-3H3/t16-,17+,18+,20-,21+/m0/s1. The average Bonchev–Trinajstić information content (AvgIpc) is 2.83. The van der Waals surface area contributed by atoms with Gasteiger partial charge < -0.3 is 10.2 Å². The third-order valence-corrected chi connectivity index (χ3v) is 7.56. The van der Waals surface area contributed by atoms with Gasteiger partial charge in [-0.1, -0.05) is 18.9 Å². The highest BCUT2D eigenvalue weighted by Gasteiger charge is 2.61. The van der Waals surface area contributed by atoms with Gasteiger partial charge in [-0.25, -0.2) is 0 Å². The highest BCUT2D eigenvalue weighted by Crippen LogP contribution is 2.64. The highest BCUT2D eigenvalue weighted by molar-refractivity contribution is 5.47. The fraction of sp³-hybridized carbons (Fsp3) is 0.619. The molecular weight excluding hydrogens is 284 g/mol. The van der Waals surface area contributed by atoms with E-state index < -0.39 is 5.60 Å². The summed E-state index contributed by atoms with van der Waals surface area (Å²) >= 11 is 0. The summed E-state index contributed by atoms with van der Waals surface area (Å²) in [5.41, 5.74) is 2.80. The minimum absolute atomic E-state index is 0.133. The van der Waals surface area contributed by atoms with E-state index in [1.54, 1.807) is 0 Å². The van der Waals surface area contributed by atoms with Crippen molar-refractivity contribution >= 4 is 0 Å². The average molecular weight is 310 g/mol. The molecule has 0 spiro atoms. The molecule has 2 nitrogen and oxygen atoms in total. The van der Waals surface area contributed by atoms with Gasteiger partial charge in [-0.3, -0.25) is 0 Å². The molecular formula is C21H26O2. The van der Waals surface area contributed by atoms with Crippen molar-refractivity contribution in [2.24, 2.45) is 17.3 Å². The number of terminal acetylenes is 1. The largest absolute Gasteiger partial charge is 0.508 e. The molecule has 1 aromatic carbocycles. The van der Waals surface area contributed by atoms with E-state index in [-0.39, 0.29) is 5.41 Å². The number of hydrogen-bond acceptors (Lipinski definition) is 2. The maximum Gasteiger partial charge on any atom is 0.130 e. The van der Waals surface area contributed by atoms with E-state index in [0.717, 1.165) is 44.1 Å². The molecule has 2 heteroatoms. The normalized spacial score (nSPS) is 41.6. The first-order valence-electron chi connectivity index (χ1n) is 8.93. The van der Waals surface area contributed by atoms with Crippen LogP contribution in [0.2, 0.25) is 0 Å². The molecule has 0 heterocycles. The number of phenolic OH excluding ortho intramolecular Hbond substituents is 1. The first-order valence-corrected chi connectivity index (χ1v) is 8.93. The number of fused-ring (bicyclic) bond motifs is 5. The smallest absolute Gasteiger partial charge is 0.130 e. The third-order valence-electron chi connectivity index (χ3n) is 7.56. The second kappa shape index (κ2) is 4.77. The van der Waals surface area contributed by atoms with E-state index >= 15 is 0 Å². The molecule has 0 unspecified atom stereocenters. The number of aliphatic hydroxyl groups is 1. The maximum absolute atomic E-state index is 11.0. The van der Waals surface area contributed by atoms with Crippen LogP contribution >= 0.6 is 0 Å². The molecule has 0 aromatic heterocycles. The summed E-state index contributed by atoms with van der Waals surface area (Å²) in [4.78, 5) is 0. The van der Waals surface area contributed by atoms with Crippen LogP contribution in [0, 0.1) is 36.5 Å². The molecule has 1 aromatic rings. The van der Waals surface area contributed by atoms with Crippen molar-refractivity contribution in [3.05, 3.63) is 28.8 Å². The van der Waals surface area contributed by atoms with Crippen molar-refractivity contribution in [2.45, 2.75) is 63.9 Å². The highest BCUT2D eigenvalue weighted by atomic mass is 16.3. The van der Waals surface area contributed by atoms with E-state index in [9.17, 15) is 10.2 Å². The summed E-state index contributed by atoms with van der Waals surface area (Å²) in [7, 11) is 0. The van der Waals surface area contributed by atoms with Crippen molar-refractivity contribution in [1.82, 2.24) is 0 Å². The Bertz CT molecular complexity index is 701. The predicted molar refractivity (Wildman–Crippen MR) is 91.2 cm³/mol. The zero-order valence-electron chi connectivity index (χ0n) is 14.1. The number of benzene rings is 1. The molecule has 23 heavy (non-hydrogen) atoms. The second-order valence-corrected chi connectivity index (χ2v) is 8.19. The minimum atomic E-state index is -0.923. The molecule has 2 N–H and O–H groups in total. The molecule has 0 amide bonds. The van der Waals surface area contributed by atoms with Crippen molar-refractivity contribution in [3.63, 3.8) is 0 Å². The van der Waals surface area contributed by atoms with Gasteiger partial charge in [0.05, 0.1) is 0 Å². The lowest BCUT2D eigenvalue weighted by Gasteiger charge is -2.52. The Hall–Kier alpha value is -1.46. The van der Waals surface area contributed by atoms with Crippen LogP contribution in [0.1, 0.15) is 61.6 Å². The molecule has 5 atom stereocenters. The summed E-state index contributed by atoms with van der Waals surface area (Å²) in [6, 6.07) is 4.00. The van der Waals surface area contributed by atoms with Gasteiger partial charge in [0.2, 0.25) is 0 Å². The molecule has 3 aliphatic rings. The van der Waals surface area contributed by atoms with Gasteiger partial charge in [-0.2, -0.15) is 0 Å². The number of hydrogen-bond donors (Lipinski definition) is 2. The molecule has 122 valence electrons. The molecule has 0 aliphatic heterocycles. The second-order valence-electron chi connectivity index (χ2n) is 8.19. The first-order chi connectivity index (χ1) is 10.9. The summed E-state index contributed by atoms with van der Waals surface area (Å²) in [5.74, 6) is 4.86. The van der Waals surface area contributed by atoms with Gasteiger partial charge >= 0.3 is 0 Å². The van der Waals surface area contributed by atoms with Gasteiger partial charge in [-0.15, -0.1) is 6.42 Å². The Morgan fingerprint density at radius 3 is 2.74 bits per heavy atom. The zero-order chi connectivity index (χ0) is 16.4. The molecule has 0 bridgehead atoms. The van der Waals surface area contributed by atoms with Crippen LogP contribution in [0.4, 0.5) is 0 Å². The van der Waals surface area contributed by atoms with Gasteiger partial charge in [0.25, 0.3) is 0 Å². The van der Waals surface area contributed by atoms with Gasteiger partial charge in [-0.05, 0) is 86.0 Å². The third kappa shape index (κ3) is 1.81. The van der Waals surface area contributed by atoms with E-state index in [0.29, 0.717) is 23.5 Å². The predicted octanol–water partition coefficient (Wildman–Crippen LogP) is 3.92. The summed E-state index contributed by atoms with van der Waals surface area (Å²) < 4.78 is 0. The molecule has 4 rings (SSSR count). The van der Waals surface area contributed by atoms with Crippen LogP contribution in [0.15, 0.2) is 12.1 Å². The van der Waals surface area contributed by atoms with Crippen LogP contribution in [-0.4, -0.2) is 15.8 Å². The number of phenols is 1. The van der Waals surface area contributed by atoms with E-state index in [4.69, 9.17) is 6.42 Å². The van der Waals surface area contributed by atoms with Crippen molar-refractivity contribution < 1.29 is 10.2 Å². The minimum Gasteiger partial charge on any atom is -0.508 e.